The Balaban J connectivity index is 1.43. The number of hydrogen-bond acceptors (Lipinski definition) is 6. The lowest BCUT2D eigenvalue weighted by atomic mass is 9.85. The predicted octanol–water partition coefficient (Wildman–Crippen LogP) is 4.64. The second-order valence-electron chi connectivity index (χ2n) is 9.53. The molecule has 1 saturated heterocycles. The Morgan fingerprint density at radius 3 is 2.65 bits per heavy atom. The van der Waals surface area contributed by atoms with Crippen molar-refractivity contribution >= 4 is 12.0 Å². The number of rotatable bonds is 7. The zero-order chi connectivity index (χ0) is 24.1. The van der Waals surface area contributed by atoms with Gasteiger partial charge in [-0.05, 0) is 68.7 Å². The molecule has 2 aromatic rings. The van der Waals surface area contributed by atoms with Crippen molar-refractivity contribution in [3.05, 3.63) is 70.5 Å². The van der Waals surface area contributed by atoms with Crippen LogP contribution in [0.25, 0.3) is 6.20 Å². The molecule has 2 aromatic heterocycles. The molecule has 1 fully saturated rings. The second-order valence-corrected chi connectivity index (χ2v) is 9.53. The minimum absolute atomic E-state index is 0.108. The largest absolute Gasteiger partial charge is 0.402 e. The lowest BCUT2D eigenvalue weighted by Crippen LogP contribution is -2.34. The van der Waals surface area contributed by atoms with Crippen LogP contribution < -0.4 is 16.4 Å². The van der Waals surface area contributed by atoms with Crippen molar-refractivity contribution in [2.45, 2.75) is 58.3 Å². The van der Waals surface area contributed by atoms with Gasteiger partial charge < -0.3 is 16.4 Å². The summed E-state index contributed by atoms with van der Waals surface area (Å²) in [6, 6.07) is 6.62. The zero-order valence-corrected chi connectivity index (χ0v) is 20.2. The summed E-state index contributed by atoms with van der Waals surface area (Å²) in [7, 11) is 0. The molecule has 2 aliphatic heterocycles. The molecular formula is C27H35N7. The van der Waals surface area contributed by atoms with Crippen molar-refractivity contribution in [2.75, 3.05) is 18.0 Å². The first-order chi connectivity index (χ1) is 16.5. The highest BCUT2D eigenvalue weighted by molar-refractivity contribution is 5.50. The van der Waals surface area contributed by atoms with Gasteiger partial charge >= 0.3 is 0 Å². The highest BCUT2D eigenvalue weighted by Gasteiger charge is 2.28. The summed E-state index contributed by atoms with van der Waals surface area (Å²) in [5.41, 5.74) is 17.6. The topological polar surface area (TPSA) is 110 Å². The highest BCUT2D eigenvalue weighted by Crippen LogP contribution is 2.38. The van der Waals surface area contributed by atoms with Gasteiger partial charge in [-0.2, -0.15) is 10.4 Å². The molecule has 0 aliphatic carbocycles. The maximum Gasteiger partial charge on any atom is 0.128 e. The number of aromatic nitrogens is 3. The molecular weight excluding hydrogens is 422 g/mol. The van der Waals surface area contributed by atoms with Crippen LogP contribution in [0.5, 0.6) is 0 Å². The molecule has 7 nitrogen and oxygen atoms in total. The van der Waals surface area contributed by atoms with Gasteiger partial charge in [-0.15, -0.1) is 0 Å². The molecule has 0 bridgehead atoms. The molecule has 0 radical (unpaired) electrons. The van der Waals surface area contributed by atoms with Crippen molar-refractivity contribution in [3.63, 3.8) is 0 Å². The number of nitrogens with zero attached hydrogens (tertiary/aromatic N) is 5. The van der Waals surface area contributed by atoms with Crippen molar-refractivity contribution in [1.82, 2.24) is 14.8 Å². The van der Waals surface area contributed by atoms with Gasteiger partial charge in [0.2, 0.25) is 0 Å². The monoisotopic (exact) mass is 457 g/mol. The van der Waals surface area contributed by atoms with Crippen LogP contribution in [0.2, 0.25) is 0 Å². The maximum absolute atomic E-state index is 9.59. The Morgan fingerprint density at radius 1 is 1.21 bits per heavy atom. The molecule has 1 unspecified atom stereocenters. The SMILES string of the molecule is CCCC1=Cn2ncc(C#N)c2C(c2ccc(N3CCC(C/C(N)=C/C=C(/C)N)CC3)nc2)C1. The van der Waals surface area contributed by atoms with Crippen LogP contribution in [0.15, 0.2) is 53.6 Å². The van der Waals surface area contributed by atoms with E-state index in [9.17, 15) is 5.26 Å². The van der Waals surface area contributed by atoms with E-state index in [1.165, 1.54) is 5.57 Å². The van der Waals surface area contributed by atoms with E-state index >= 15 is 0 Å². The molecule has 1 atom stereocenters. The fraction of sp³-hybridized carbons (Fsp3) is 0.444. The summed E-state index contributed by atoms with van der Waals surface area (Å²) in [6.45, 7) is 6.02. The minimum atomic E-state index is 0.108. The maximum atomic E-state index is 9.59. The van der Waals surface area contributed by atoms with Crippen LogP contribution in [0.1, 0.15) is 75.1 Å². The fourth-order valence-electron chi connectivity index (χ4n) is 5.05. The third kappa shape index (κ3) is 5.33. The van der Waals surface area contributed by atoms with E-state index in [1.54, 1.807) is 6.20 Å². The van der Waals surface area contributed by atoms with E-state index in [-0.39, 0.29) is 5.92 Å². The first-order valence-electron chi connectivity index (χ1n) is 12.2. The van der Waals surface area contributed by atoms with Crippen molar-refractivity contribution < 1.29 is 0 Å². The number of fused-ring (bicyclic) bond motifs is 1. The zero-order valence-electron chi connectivity index (χ0n) is 20.2. The smallest absolute Gasteiger partial charge is 0.128 e. The Labute approximate surface area is 202 Å². The molecule has 0 aromatic carbocycles. The Hall–Kier alpha value is -3.53. The number of pyridine rings is 1. The Kier molecular flexibility index (Phi) is 7.36. The summed E-state index contributed by atoms with van der Waals surface area (Å²) >= 11 is 0. The summed E-state index contributed by atoms with van der Waals surface area (Å²) in [4.78, 5) is 7.19. The lowest BCUT2D eigenvalue weighted by Gasteiger charge is -2.33. The van der Waals surface area contributed by atoms with Gasteiger partial charge in [0, 0.05) is 42.8 Å². The second kappa shape index (κ2) is 10.6. The van der Waals surface area contributed by atoms with Crippen LogP contribution >= 0.6 is 0 Å². The van der Waals surface area contributed by atoms with E-state index in [2.05, 4.69) is 41.3 Å². The molecule has 0 amide bonds. The number of nitriles is 1. The highest BCUT2D eigenvalue weighted by atomic mass is 15.3. The molecule has 0 saturated carbocycles. The first-order valence-corrected chi connectivity index (χ1v) is 12.2. The van der Waals surface area contributed by atoms with Crippen molar-refractivity contribution in [3.8, 4) is 6.07 Å². The van der Waals surface area contributed by atoms with Gasteiger partial charge in [-0.3, -0.25) is 0 Å². The molecule has 0 spiro atoms. The number of nitrogens with two attached hydrogens (primary N) is 2. The van der Waals surface area contributed by atoms with Gasteiger partial charge in [-0.25, -0.2) is 9.67 Å². The summed E-state index contributed by atoms with van der Waals surface area (Å²) in [5.74, 6) is 1.72. The van der Waals surface area contributed by atoms with Gasteiger partial charge in [0.15, 0.2) is 0 Å². The normalized spacial score (nSPS) is 19.5. The fourth-order valence-corrected chi connectivity index (χ4v) is 5.05. The third-order valence-corrected chi connectivity index (χ3v) is 6.82. The van der Waals surface area contributed by atoms with E-state index in [1.807, 2.05) is 30.0 Å². The molecule has 4 N–H and O–H groups in total. The third-order valence-electron chi connectivity index (χ3n) is 6.82. The van der Waals surface area contributed by atoms with Crippen LogP contribution in [0.3, 0.4) is 0 Å². The van der Waals surface area contributed by atoms with Crippen LogP contribution in [-0.2, 0) is 0 Å². The van der Waals surface area contributed by atoms with Crippen LogP contribution in [-0.4, -0.2) is 27.9 Å². The van der Waals surface area contributed by atoms with Gasteiger partial charge in [0.1, 0.15) is 11.9 Å². The molecule has 2 aliphatic rings. The number of hydrogen-bond donors (Lipinski definition) is 2. The van der Waals surface area contributed by atoms with Crippen molar-refractivity contribution in [2.24, 2.45) is 17.4 Å². The molecule has 4 rings (SSSR count). The minimum Gasteiger partial charge on any atom is -0.402 e. The average molecular weight is 458 g/mol. The van der Waals surface area contributed by atoms with Gasteiger partial charge in [-0.1, -0.05) is 25.0 Å². The average Bonchev–Trinajstić information content (AvgIpc) is 3.26. The van der Waals surface area contributed by atoms with E-state index in [4.69, 9.17) is 16.5 Å². The summed E-state index contributed by atoms with van der Waals surface area (Å²) < 4.78 is 1.89. The Morgan fingerprint density at radius 2 is 2.00 bits per heavy atom. The van der Waals surface area contributed by atoms with E-state index in [0.717, 1.165) is 80.1 Å². The lowest BCUT2D eigenvalue weighted by molar-refractivity contribution is 0.400. The Bertz CT molecular complexity index is 1120. The molecule has 4 heterocycles. The van der Waals surface area contributed by atoms with Crippen LogP contribution in [0.4, 0.5) is 5.82 Å². The van der Waals surface area contributed by atoms with E-state index in [0.29, 0.717) is 11.5 Å². The van der Waals surface area contributed by atoms with Gasteiger partial charge in [0.05, 0.1) is 17.5 Å². The molecule has 34 heavy (non-hydrogen) atoms. The van der Waals surface area contributed by atoms with Crippen LogP contribution in [0, 0.1) is 17.2 Å². The summed E-state index contributed by atoms with van der Waals surface area (Å²) in [5, 5.41) is 14.0. The number of allylic oxidation sites excluding steroid dienone is 5. The van der Waals surface area contributed by atoms with E-state index < -0.39 is 0 Å². The predicted molar refractivity (Wildman–Crippen MR) is 137 cm³/mol. The molecule has 178 valence electrons. The first kappa shape index (κ1) is 23.6. The quantitative estimate of drug-likeness (QED) is 0.586. The number of anilines is 1. The number of piperidine rings is 1. The molecule has 7 heteroatoms. The van der Waals surface area contributed by atoms with Crippen molar-refractivity contribution in [1.29, 1.82) is 5.26 Å². The van der Waals surface area contributed by atoms with Gasteiger partial charge in [0.25, 0.3) is 0 Å². The summed E-state index contributed by atoms with van der Waals surface area (Å²) in [6.07, 6.45) is 15.7. The standard InChI is InChI=1S/C27H35N7/c1-3-4-21-14-25(27-23(15-28)17-32-34(27)18-21)22-6-8-26(31-16-22)33-11-9-20(10-12-33)13-24(30)7-5-19(2)29/h5-8,16-18,20,25H,3-4,9-14,29-30H2,1-2H3/b19-5-,24-7-.